The lowest BCUT2D eigenvalue weighted by atomic mass is 9.88. The zero-order valence-corrected chi connectivity index (χ0v) is 19.8. The van der Waals surface area contributed by atoms with Gasteiger partial charge in [0.25, 0.3) is 5.56 Å². The highest BCUT2D eigenvalue weighted by Gasteiger charge is 2.28. The first kappa shape index (κ1) is 21.4. The van der Waals surface area contributed by atoms with Gasteiger partial charge in [0.1, 0.15) is 5.82 Å². The minimum Gasteiger partial charge on any atom is -0.481 e. The van der Waals surface area contributed by atoms with E-state index in [0.717, 1.165) is 51.6 Å². The van der Waals surface area contributed by atoms with Crippen LogP contribution in [0.4, 0.5) is 5.82 Å². The molecule has 0 bridgehead atoms. The lowest BCUT2D eigenvalue weighted by molar-refractivity contribution is 0.359. The third-order valence-corrected chi connectivity index (χ3v) is 6.81. The lowest BCUT2D eigenvalue weighted by Gasteiger charge is -2.29. The van der Waals surface area contributed by atoms with E-state index in [-0.39, 0.29) is 17.0 Å². The van der Waals surface area contributed by atoms with Gasteiger partial charge < -0.3 is 15.0 Å². The van der Waals surface area contributed by atoms with Gasteiger partial charge in [-0.2, -0.15) is 0 Å². The second-order valence-electron chi connectivity index (χ2n) is 10.1. The summed E-state index contributed by atoms with van der Waals surface area (Å²) in [4.78, 5) is 25.4. The van der Waals surface area contributed by atoms with Crippen LogP contribution in [0.2, 0.25) is 0 Å². The maximum absolute atomic E-state index is 13.1. The summed E-state index contributed by atoms with van der Waals surface area (Å²) in [6, 6.07) is 10.2. The second kappa shape index (κ2) is 7.87. The van der Waals surface area contributed by atoms with Crippen molar-refractivity contribution in [3.05, 3.63) is 58.6 Å². The van der Waals surface area contributed by atoms with E-state index in [2.05, 4.69) is 61.2 Å². The number of ether oxygens (including phenoxy) is 1. The summed E-state index contributed by atoms with van der Waals surface area (Å²) in [6.45, 7) is 8.81. The summed E-state index contributed by atoms with van der Waals surface area (Å²) in [5, 5.41) is 6.15. The van der Waals surface area contributed by atoms with Crippen molar-refractivity contribution in [2.75, 3.05) is 12.4 Å². The molecule has 1 aliphatic carbocycles. The number of benzene rings is 1. The van der Waals surface area contributed by atoms with E-state index >= 15 is 0 Å². The number of H-pyrrole nitrogens is 1. The minimum absolute atomic E-state index is 0.0607. The Bertz CT molecular complexity index is 1400. The van der Waals surface area contributed by atoms with E-state index < -0.39 is 0 Å². The molecular weight excluding hydrogens is 412 g/mol. The molecule has 1 atom stereocenters. The predicted octanol–water partition coefficient (Wildman–Crippen LogP) is 5.87. The molecule has 170 valence electrons. The van der Waals surface area contributed by atoms with Gasteiger partial charge in [-0.1, -0.05) is 32.9 Å². The summed E-state index contributed by atoms with van der Waals surface area (Å²) in [7, 11) is 1.61. The highest BCUT2D eigenvalue weighted by atomic mass is 16.5. The fourth-order valence-electron chi connectivity index (χ4n) is 4.12. The average molecular weight is 443 g/mol. The molecule has 0 aliphatic heterocycles. The zero-order chi connectivity index (χ0) is 23.3. The molecule has 1 saturated carbocycles. The molecule has 0 saturated heterocycles. The van der Waals surface area contributed by atoms with E-state index in [9.17, 15) is 4.79 Å². The van der Waals surface area contributed by atoms with Crippen molar-refractivity contribution in [3.8, 4) is 17.0 Å². The molecule has 1 fully saturated rings. The van der Waals surface area contributed by atoms with Gasteiger partial charge in [0, 0.05) is 40.8 Å². The molecule has 0 amide bonds. The Balaban J connectivity index is 1.77. The number of hydrogen-bond acceptors (Lipinski definition) is 5. The molecule has 3 aromatic heterocycles. The van der Waals surface area contributed by atoms with Gasteiger partial charge in [-0.25, -0.2) is 9.97 Å². The molecule has 2 N–H and O–H groups in total. The molecule has 4 aromatic rings. The highest BCUT2D eigenvalue weighted by molar-refractivity contribution is 6.11. The first-order valence-electron chi connectivity index (χ1n) is 11.5. The fraction of sp³-hybridized carbons (Fsp3) is 0.370. The van der Waals surface area contributed by atoms with Gasteiger partial charge in [0.05, 0.1) is 18.0 Å². The zero-order valence-electron chi connectivity index (χ0n) is 19.8. The first-order valence-corrected chi connectivity index (χ1v) is 11.5. The quantitative estimate of drug-likeness (QED) is 0.378. The predicted molar refractivity (Wildman–Crippen MR) is 134 cm³/mol. The van der Waals surface area contributed by atoms with Crippen molar-refractivity contribution in [3.63, 3.8) is 0 Å². The number of anilines is 1. The van der Waals surface area contributed by atoms with Crippen LogP contribution in [0, 0.1) is 5.41 Å². The highest BCUT2D eigenvalue weighted by Crippen LogP contribution is 2.43. The fourth-order valence-corrected chi connectivity index (χ4v) is 4.12. The molecule has 6 nitrogen and oxygen atoms in total. The largest absolute Gasteiger partial charge is 0.481 e. The Hall–Kier alpha value is -3.41. The molecule has 1 unspecified atom stereocenters. The number of hydrogen-bond donors (Lipinski definition) is 2. The van der Waals surface area contributed by atoms with Gasteiger partial charge in [-0.15, -0.1) is 0 Å². The SMILES string of the molecule is COc1ccc(-c2ccc3c(NC(C)C(C)(C)C)nc4c(C5CC5)c[nH]c(=O)c4c3c2)cn1. The maximum Gasteiger partial charge on any atom is 0.258 e. The van der Waals surface area contributed by atoms with Gasteiger partial charge >= 0.3 is 0 Å². The van der Waals surface area contributed by atoms with Crippen LogP contribution in [0.1, 0.15) is 52.0 Å². The summed E-state index contributed by atoms with van der Waals surface area (Å²) in [5.74, 6) is 1.87. The maximum atomic E-state index is 13.1. The number of aromatic amines is 1. The van der Waals surface area contributed by atoms with Crippen LogP contribution in [-0.2, 0) is 0 Å². The monoisotopic (exact) mass is 442 g/mol. The van der Waals surface area contributed by atoms with E-state index in [1.54, 1.807) is 13.3 Å². The number of nitrogens with one attached hydrogen (secondary N) is 2. The van der Waals surface area contributed by atoms with E-state index in [0.29, 0.717) is 17.2 Å². The molecule has 1 aromatic carbocycles. The Kier molecular flexibility index (Phi) is 5.11. The van der Waals surface area contributed by atoms with Gasteiger partial charge in [0.15, 0.2) is 0 Å². The van der Waals surface area contributed by atoms with Crippen LogP contribution < -0.4 is 15.6 Å². The number of fused-ring (bicyclic) bond motifs is 3. The second-order valence-corrected chi connectivity index (χ2v) is 10.1. The number of rotatable bonds is 5. The Morgan fingerprint density at radius 1 is 1.12 bits per heavy atom. The summed E-state index contributed by atoms with van der Waals surface area (Å²) in [6.07, 6.45) is 5.93. The third kappa shape index (κ3) is 3.94. The van der Waals surface area contributed by atoms with Crippen LogP contribution >= 0.6 is 0 Å². The molecular formula is C27H30N4O2. The summed E-state index contributed by atoms with van der Waals surface area (Å²) in [5.41, 5.74) is 3.86. The van der Waals surface area contributed by atoms with Crippen molar-refractivity contribution in [2.24, 2.45) is 5.41 Å². The summed E-state index contributed by atoms with van der Waals surface area (Å²) >= 11 is 0. The van der Waals surface area contributed by atoms with Crippen LogP contribution in [-0.4, -0.2) is 28.1 Å². The number of pyridine rings is 3. The Labute approximate surface area is 193 Å². The smallest absolute Gasteiger partial charge is 0.258 e. The molecule has 6 heteroatoms. The number of methoxy groups -OCH3 is 1. The Morgan fingerprint density at radius 3 is 2.52 bits per heavy atom. The van der Waals surface area contributed by atoms with E-state index in [4.69, 9.17) is 9.72 Å². The molecule has 3 heterocycles. The lowest BCUT2D eigenvalue weighted by Crippen LogP contribution is -2.31. The van der Waals surface area contributed by atoms with Crippen molar-refractivity contribution in [2.45, 2.75) is 52.5 Å². The van der Waals surface area contributed by atoms with E-state index in [1.165, 1.54) is 0 Å². The molecule has 1 aliphatic rings. The first-order chi connectivity index (χ1) is 15.8. The van der Waals surface area contributed by atoms with Gasteiger partial charge in [-0.05, 0) is 54.4 Å². The van der Waals surface area contributed by atoms with E-state index in [1.807, 2.05) is 18.3 Å². The number of aromatic nitrogens is 3. The molecule has 0 radical (unpaired) electrons. The molecule has 0 spiro atoms. The minimum atomic E-state index is -0.104. The Morgan fingerprint density at radius 2 is 1.88 bits per heavy atom. The number of nitrogens with zero attached hydrogens (tertiary/aromatic N) is 2. The van der Waals surface area contributed by atoms with Crippen LogP contribution in [0.5, 0.6) is 5.88 Å². The topological polar surface area (TPSA) is 79.9 Å². The van der Waals surface area contributed by atoms with Gasteiger partial charge in [0.2, 0.25) is 5.88 Å². The van der Waals surface area contributed by atoms with Crippen molar-refractivity contribution in [1.29, 1.82) is 0 Å². The van der Waals surface area contributed by atoms with Crippen LogP contribution in [0.25, 0.3) is 32.8 Å². The van der Waals surface area contributed by atoms with Crippen molar-refractivity contribution in [1.82, 2.24) is 15.0 Å². The summed E-state index contributed by atoms with van der Waals surface area (Å²) < 4.78 is 5.20. The van der Waals surface area contributed by atoms with Crippen LogP contribution in [0.3, 0.4) is 0 Å². The van der Waals surface area contributed by atoms with Gasteiger partial charge in [-0.3, -0.25) is 4.79 Å². The molecule has 33 heavy (non-hydrogen) atoms. The normalized spacial score (nSPS) is 15.1. The average Bonchev–Trinajstić information content (AvgIpc) is 3.63. The van der Waals surface area contributed by atoms with Crippen molar-refractivity contribution >= 4 is 27.5 Å². The van der Waals surface area contributed by atoms with Crippen molar-refractivity contribution < 1.29 is 4.74 Å². The molecule has 5 rings (SSSR count). The standard InChI is InChI=1S/C27H30N4O2/c1-15(27(2,3)4)30-25-19-10-8-17(18-9-11-22(33-5)28-13-18)12-20(19)23-24(31-25)21(16-6-7-16)14-29-26(23)32/h8-16H,6-7H2,1-5H3,(H,29,32)(H,30,31). The third-order valence-electron chi connectivity index (χ3n) is 6.81. The van der Waals surface area contributed by atoms with Crippen LogP contribution in [0.15, 0.2) is 47.5 Å².